The van der Waals surface area contributed by atoms with Crippen LogP contribution in [0, 0.1) is 11.3 Å². The van der Waals surface area contributed by atoms with E-state index in [0.717, 1.165) is 17.6 Å². The molecule has 2 aliphatic carbocycles. The lowest BCUT2D eigenvalue weighted by molar-refractivity contribution is -0.113. The molecule has 2 aliphatic rings. The Labute approximate surface area is 85.9 Å². The third-order valence-electron chi connectivity index (χ3n) is 3.34. The molecule has 0 aliphatic heterocycles. The normalized spacial score (nSPS) is 27.1. The average Bonchev–Trinajstić information content (AvgIpc) is 1.94. The number of ketones is 1. The van der Waals surface area contributed by atoms with Gasteiger partial charge in [0.2, 0.25) is 0 Å². The van der Waals surface area contributed by atoms with Crippen molar-refractivity contribution in [1.82, 2.24) is 0 Å². The summed E-state index contributed by atoms with van der Waals surface area (Å²) in [5, 5.41) is 0. The summed E-state index contributed by atoms with van der Waals surface area (Å²) < 4.78 is 0. The summed E-state index contributed by atoms with van der Waals surface area (Å²) in [6, 6.07) is 0. The van der Waals surface area contributed by atoms with Crippen molar-refractivity contribution in [3.8, 4) is 0 Å². The molecule has 0 aromatic carbocycles. The first-order chi connectivity index (χ1) is 6.49. The van der Waals surface area contributed by atoms with Crippen LogP contribution in [0.2, 0.25) is 0 Å². The number of carbonyl (C=O) groups excluding carboxylic acids is 1. The molecule has 0 amide bonds. The highest BCUT2D eigenvalue weighted by Crippen LogP contribution is 2.42. The van der Waals surface area contributed by atoms with Crippen LogP contribution in [0.3, 0.4) is 0 Å². The Bertz CT molecular complexity index is 316. The van der Waals surface area contributed by atoms with Gasteiger partial charge in [-0.15, -0.1) is 0 Å². The number of rotatable bonds is 1. The van der Waals surface area contributed by atoms with Crippen LogP contribution in [0.25, 0.3) is 0 Å². The molecule has 0 radical (unpaired) electrons. The Hall–Kier alpha value is -0.850. The van der Waals surface area contributed by atoms with Crippen molar-refractivity contribution in [2.45, 2.75) is 39.5 Å². The minimum Gasteiger partial charge on any atom is -0.289 e. The van der Waals surface area contributed by atoms with Gasteiger partial charge in [-0.1, -0.05) is 32.9 Å². The van der Waals surface area contributed by atoms with E-state index < -0.39 is 0 Å². The Morgan fingerprint density at radius 2 is 2.07 bits per heavy atom. The molecule has 1 heteroatoms. The zero-order valence-electron chi connectivity index (χ0n) is 9.10. The van der Waals surface area contributed by atoms with Crippen molar-refractivity contribution >= 4 is 5.78 Å². The second-order valence-corrected chi connectivity index (χ2v) is 5.33. The maximum Gasteiger partial charge on any atom is 0.184 e. The van der Waals surface area contributed by atoms with Crippen molar-refractivity contribution in [2.75, 3.05) is 0 Å². The molecule has 0 aromatic rings. The van der Waals surface area contributed by atoms with Crippen molar-refractivity contribution in [1.29, 1.82) is 0 Å². The molecule has 2 rings (SSSR count). The largest absolute Gasteiger partial charge is 0.289 e. The molecule has 14 heavy (non-hydrogen) atoms. The standard InChI is InChI=1S/C13H18O/c1-9-7-13(2,3)8-11(12(9)14)10-5-4-6-10/h8,10H,1,4-7H2,2-3H3. The second-order valence-electron chi connectivity index (χ2n) is 5.33. The minimum absolute atomic E-state index is 0.135. The van der Waals surface area contributed by atoms with Crippen LogP contribution in [0.4, 0.5) is 0 Å². The predicted octanol–water partition coefficient (Wildman–Crippen LogP) is 3.27. The number of hydrogen-bond acceptors (Lipinski definition) is 1. The van der Waals surface area contributed by atoms with Gasteiger partial charge in [-0.3, -0.25) is 4.79 Å². The number of carbonyl (C=O) groups is 1. The molecule has 1 fully saturated rings. The van der Waals surface area contributed by atoms with Crippen molar-refractivity contribution < 1.29 is 4.79 Å². The first-order valence-corrected chi connectivity index (χ1v) is 5.45. The molecule has 0 bridgehead atoms. The predicted molar refractivity (Wildman–Crippen MR) is 58.0 cm³/mol. The van der Waals surface area contributed by atoms with Gasteiger partial charge in [0.05, 0.1) is 0 Å². The van der Waals surface area contributed by atoms with E-state index in [1.165, 1.54) is 19.3 Å². The zero-order chi connectivity index (χ0) is 10.3. The van der Waals surface area contributed by atoms with Crippen molar-refractivity contribution in [3.05, 3.63) is 23.8 Å². The maximum absolute atomic E-state index is 11.9. The Balaban J connectivity index is 2.30. The maximum atomic E-state index is 11.9. The molecule has 0 saturated heterocycles. The topological polar surface area (TPSA) is 17.1 Å². The van der Waals surface area contributed by atoms with Crippen LogP contribution >= 0.6 is 0 Å². The van der Waals surface area contributed by atoms with Crippen LogP contribution in [0.5, 0.6) is 0 Å². The van der Waals surface area contributed by atoms with Crippen molar-refractivity contribution in [2.24, 2.45) is 11.3 Å². The lowest BCUT2D eigenvalue weighted by atomic mass is 9.69. The highest BCUT2D eigenvalue weighted by molar-refractivity contribution is 6.09. The SMILES string of the molecule is C=C1CC(C)(C)C=C(C2CCC2)C1=O. The van der Waals surface area contributed by atoms with Gasteiger partial charge in [0, 0.05) is 0 Å². The monoisotopic (exact) mass is 190 g/mol. The van der Waals surface area contributed by atoms with E-state index >= 15 is 0 Å². The van der Waals surface area contributed by atoms with Crippen LogP contribution in [0.15, 0.2) is 23.8 Å². The lowest BCUT2D eigenvalue weighted by Gasteiger charge is -2.35. The van der Waals surface area contributed by atoms with E-state index in [1.54, 1.807) is 0 Å². The third-order valence-corrected chi connectivity index (χ3v) is 3.34. The van der Waals surface area contributed by atoms with Gasteiger partial charge in [-0.05, 0) is 41.7 Å². The number of Topliss-reactive ketones (excluding diaryl/α,β-unsaturated/α-hetero) is 1. The first-order valence-electron chi connectivity index (χ1n) is 5.45. The minimum atomic E-state index is 0.135. The summed E-state index contributed by atoms with van der Waals surface area (Å²) in [5.41, 5.74) is 1.99. The van der Waals surface area contributed by atoms with Crippen LogP contribution in [-0.4, -0.2) is 5.78 Å². The molecule has 0 N–H and O–H groups in total. The summed E-state index contributed by atoms with van der Waals surface area (Å²) in [5.74, 6) is 0.771. The molecule has 0 aromatic heterocycles. The summed E-state index contributed by atoms with van der Waals surface area (Å²) in [7, 11) is 0. The van der Waals surface area contributed by atoms with Crippen molar-refractivity contribution in [3.63, 3.8) is 0 Å². The zero-order valence-corrected chi connectivity index (χ0v) is 9.10. The van der Waals surface area contributed by atoms with E-state index in [-0.39, 0.29) is 11.2 Å². The molecule has 0 heterocycles. The van der Waals surface area contributed by atoms with Gasteiger partial charge in [0.25, 0.3) is 0 Å². The van der Waals surface area contributed by atoms with Gasteiger partial charge >= 0.3 is 0 Å². The van der Waals surface area contributed by atoms with E-state index in [4.69, 9.17) is 0 Å². The fraction of sp³-hybridized carbons (Fsp3) is 0.615. The lowest BCUT2D eigenvalue weighted by Crippen LogP contribution is -2.28. The van der Waals surface area contributed by atoms with Gasteiger partial charge in [0.15, 0.2) is 5.78 Å². The van der Waals surface area contributed by atoms with Gasteiger partial charge in [-0.25, -0.2) is 0 Å². The van der Waals surface area contributed by atoms with E-state index in [0.29, 0.717) is 5.92 Å². The van der Waals surface area contributed by atoms with Gasteiger partial charge in [0.1, 0.15) is 0 Å². The van der Waals surface area contributed by atoms with Crippen LogP contribution in [-0.2, 0) is 4.79 Å². The molecule has 1 nitrogen and oxygen atoms in total. The quantitative estimate of drug-likeness (QED) is 0.580. The molecule has 1 saturated carbocycles. The fourth-order valence-electron chi connectivity index (χ4n) is 2.39. The molecule has 0 unspecified atom stereocenters. The Morgan fingerprint density at radius 1 is 1.43 bits per heavy atom. The highest BCUT2D eigenvalue weighted by atomic mass is 16.1. The van der Waals surface area contributed by atoms with E-state index in [1.807, 2.05) is 0 Å². The van der Waals surface area contributed by atoms with Crippen LogP contribution in [0.1, 0.15) is 39.5 Å². The van der Waals surface area contributed by atoms with E-state index in [9.17, 15) is 4.79 Å². The van der Waals surface area contributed by atoms with Gasteiger partial charge in [-0.2, -0.15) is 0 Å². The summed E-state index contributed by atoms with van der Waals surface area (Å²) in [4.78, 5) is 11.9. The summed E-state index contributed by atoms with van der Waals surface area (Å²) in [6.07, 6.45) is 6.68. The van der Waals surface area contributed by atoms with Gasteiger partial charge < -0.3 is 0 Å². The number of hydrogen-bond donors (Lipinski definition) is 0. The fourth-order valence-corrected chi connectivity index (χ4v) is 2.39. The summed E-state index contributed by atoms with van der Waals surface area (Å²) >= 11 is 0. The number of allylic oxidation sites excluding steroid dienone is 3. The first kappa shape index (κ1) is 9.70. The third kappa shape index (κ3) is 1.56. The molecular formula is C13H18O. The van der Waals surface area contributed by atoms with Crippen LogP contribution < -0.4 is 0 Å². The molecule has 0 spiro atoms. The Kier molecular flexibility index (Phi) is 2.13. The smallest absolute Gasteiger partial charge is 0.184 e. The summed E-state index contributed by atoms with van der Waals surface area (Å²) in [6.45, 7) is 8.26. The van der Waals surface area contributed by atoms with E-state index in [2.05, 4.69) is 26.5 Å². The molecular weight excluding hydrogens is 172 g/mol. The second kappa shape index (κ2) is 3.08. The Morgan fingerprint density at radius 3 is 2.57 bits per heavy atom. The average molecular weight is 190 g/mol. The highest BCUT2D eigenvalue weighted by Gasteiger charge is 2.34. The molecule has 0 atom stereocenters. The molecule has 76 valence electrons.